The van der Waals surface area contributed by atoms with E-state index < -0.39 is 0 Å². The third kappa shape index (κ3) is 4.63. The van der Waals surface area contributed by atoms with Crippen molar-refractivity contribution in [2.24, 2.45) is 5.92 Å². The van der Waals surface area contributed by atoms with Gasteiger partial charge in [0.2, 0.25) is 5.91 Å². The molecule has 3 rings (SSSR count). The van der Waals surface area contributed by atoms with Crippen molar-refractivity contribution in [3.05, 3.63) is 48.3 Å². The Labute approximate surface area is 141 Å². The van der Waals surface area contributed by atoms with Crippen molar-refractivity contribution in [3.8, 4) is 0 Å². The van der Waals surface area contributed by atoms with Gasteiger partial charge in [0.15, 0.2) is 0 Å². The van der Waals surface area contributed by atoms with Crippen molar-refractivity contribution in [2.75, 3.05) is 13.1 Å². The standard InChI is InChI=1S/C18H23FN4O/c19-17-5-1-3-15(11-17)6-7-16-4-2-9-22(12-16)18(24)8-10-23-14-20-13-21-23/h1,3,5,11,13-14,16H,2,4,6-10,12H2/t16-/m1/s1. The van der Waals surface area contributed by atoms with Gasteiger partial charge >= 0.3 is 0 Å². The average molecular weight is 330 g/mol. The van der Waals surface area contributed by atoms with E-state index in [-0.39, 0.29) is 11.7 Å². The van der Waals surface area contributed by atoms with Crippen LogP contribution >= 0.6 is 0 Å². The fourth-order valence-corrected chi connectivity index (χ4v) is 3.31. The number of likely N-dealkylation sites (tertiary alicyclic amines) is 1. The van der Waals surface area contributed by atoms with Gasteiger partial charge in [-0.05, 0) is 49.3 Å². The zero-order valence-corrected chi connectivity index (χ0v) is 13.8. The van der Waals surface area contributed by atoms with Crippen LogP contribution < -0.4 is 0 Å². The van der Waals surface area contributed by atoms with Gasteiger partial charge < -0.3 is 4.90 Å². The molecule has 2 aromatic rings. The quantitative estimate of drug-likeness (QED) is 0.818. The molecule has 6 heteroatoms. The van der Waals surface area contributed by atoms with E-state index >= 15 is 0 Å². The van der Waals surface area contributed by atoms with E-state index in [1.165, 1.54) is 12.4 Å². The first kappa shape index (κ1) is 16.6. The van der Waals surface area contributed by atoms with Gasteiger partial charge in [-0.15, -0.1) is 0 Å². The number of amides is 1. The molecule has 2 heterocycles. The zero-order chi connectivity index (χ0) is 16.8. The Morgan fingerprint density at radius 1 is 1.38 bits per heavy atom. The van der Waals surface area contributed by atoms with Gasteiger partial charge in [0.05, 0.1) is 6.54 Å². The van der Waals surface area contributed by atoms with Crippen molar-refractivity contribution in [1.29, 1.82) is 0 Å². The highest BCUT2D eigenvalue weighted by Crippen LogP contribution is 2.22. The smallest absolute Gasteiger partial charge is 0.224 e. The van der Waals surface area contributed by atoms with Gasteiger partial charge in [-0.3, -0.25) is 9.48 Å². The molecular formula is C18H23FN4O. The molecule has 0 unspecified atom stereocenters. The molecule has 1 aliphatic heterocycles. The lowest BCUT2D eigenvalue weighted by atomic mass is 9.91. The summed E-state index contributed by atoms with van der Waals surface area (Å²) in [6.45, 7) is 2.22. The molecule has 1 aromatic heterocycles. The molecule has 0 radical (unpaired) electrons. The third-order valence-electron chi connectivity index (χ3n) is 4.62. The van der Waals surface area contributed by atoms with Crippen LogP contribution in [0.1, 0.15) is 31.2 Å². The van der Waals surface area contributed by atoms with E-state index in [1.54, 1.807) is 23.1 Å². The van der Waals surface area contributed by atoms with Crippen LogP contribution in [0, 0.1) is 11.7 Å². The number of hydrogen-bond donors (Lipinski definition) is 0. The molecule has 1 aromatic carbocycles. The van der Waals surface area contributed by atoms with Crippen LogP contribution in [-0.4, -0.2) is 38.7 Å². The number of hydrogen-bond acceptors (Lipinski definition) is 3. The van der Waals surface area contributed by atoms with Crippen molar-refractivity contribution in [3.63, 3.8) is 0 Å². The Hall–Kier alpha value is -2.24. The molecule has 5 nitrogen and oxygen atoms in total. The van der Waals surface area contributed by atoms with E-state index in [4.69, 9.17) is 0 Å². The average Bonchev–Trinajstić information content (AvgIpc) is 3.12. The highest BCUT2D eigenvalue weighted by Gasteiger charge is 2.23. The summed E-state index contributed by atoms with van der Waals surface area (Å²) in [4.78, 5) is 18.2. The number of aromatic nitrogens is 3. The van der Waals surface area contributed by atoms with Gasteiger partial charge in [0, 0.05) is 19.5 Å². The third-order valence-corrected chi connectivity index (χ3v) is 4.62. The van der Waals surface area contributed by atoms with Crippen molar-refractivity contribution in [1.82, 2.24) is 19.7 Å². The molecule has 1 fully saturated rings. The van der Waals surface area contributed by atoms with E-state index in [2.05, 4.69) is 10.1 Å². The lowest BCUT2D eigenvalue weighted by molar-refractivity contribution is -0.133. The summed E-state index contributed by atoms with van der Waals surface area (Å²) in [6, 6.07) is 6.79. The SMILES string of the molecule is O=C(CCn1cncn1)N1CCC[C@H](CCc2cccc(F)c2)C1. The van der Waals surface area contributed by atoms with E-state index in [0.717, 1.165) is 44.3 Å². The van der Waals surface area contributed by atoms with E-state index in [9.17, 15) is 9.18 Å². The highest BCUT2D eigenvalue weighted by atomic mass is 19.1. The minimum atomic E-state index is -0.180. The Bertz CT molecular complexity index is 659. The number of aryl methyl sites for hydroxylation is 2. The molecule has 0 saturated carbocycles. The molecule has 0 N–H and O–H groups in total. The normalized spacial score (nSPS) is 17.9. The van der Waals surface area contributed by atoms with Gasteiger partial charge in [-0.2, -0.15) is 5.10 Å². The molecule has 0 spiro atoms. The van der Waals surface area contributed by atoms with Gasteiger partial charge in [0.25, 0.3) is 0 Å². The van der Waals surface area contributed by atoms with Crippen molar-refractivity contribution in [2.45, 2.75) is 38.6 Å². The Balaban J connectivity index is 1.46. The minimum absolute atomic E-state index is 0.180. The molecule has 1 aliphatic rings. The van der Waals surface area contributed by atoms with Gasteiger partial charge in [-0.25, -0.2) is 9.37 Å². The number of piperidine rings is 1. The molecule has 1 amide bonds. The minimum Gasteiger partial charge on any atom is -0.342 e. The molecule has 128 valence electrons. The summed E-state index contributed by atoms with van der Waals surface area (Å²) < 4.78 is 14.9. The van der Waals surface area contributed by atoms with Crippen molar-refractivity contribution >= 4 is 5.91 Å². The Morgan fingerprint density at radius 2 is 2.29 bits per heavy atom. The maximum Gasteiger partial charge on any atom is 0.224 e. The number of halogens is 1. The van der Waals surface area contributed by atoms with Crippen molar-refractivity contribution < 1.29 is 9.18 Å². The topological polar surface area (TPSA) is 51.0 Å². The first-order valence-corrected chi connectivity index (χ1v) is 8.55. The fourth-order valence-electron chi connectivity index (χ4n) is 3.31. The maximum atomic E-state index is 13.2. The number of carbonyl (C=O) groups excluding carboxylic acids is 1. The summed E-state index contributed by atoms with van der Waals surface area (Å²) in [6.07, 6.45) is 7.61. The number of carbonyl (C=O) groups is 1. The predicted molar refractivity (Wildman–Crippen MR) is 88.7 cm³/mol. The van der Waals surface area contributed by atoms with Crippen LogP contribution in [0.4, 0.5) is 4.39 Å². The van der Waals surface area contributed by atoms with E-state index in [1.807, 2.05) is 11.0 Å². The largest absolute Gasteiger partial charge is 0.342 e. The molecule has 1 atom stereocenters. The molecular weight excluding hydrogens is 307 g/mol. The highest BCUT2D eigenvalue weighted by molar-refractivity contribution is 5.76. The summed E-state index contributed by atoms with van der Waals surface area (Å²) in [5, 5.41) is 4.02. The van der Waals surface area contributed by atoms with Gasteiger partial charge in [0.1, 0.15) is 18.5 Å². The second-order valence-electron chi connectivity index (χ2n) is 6.43. The van der Waals surface area contributed by atoms with Crippen LogP contribution in [-0.2, 0) is 17.8 Å². The molecule has 24 heavy (non-hydrogen) atoms. The first-order valence-electron chi connectivity index (χ1n) is 8.55. The fraction of sp³-hybridized carbons (Fsp3) is 0.500. The number of rotatable bonds is 6. The van der Waals surface area contributed by atoms with Crippen LogP contribution in [0.5, 0.6) is 0 Å². The van der Waals surface area contributed by atoms with Crippen LogP contribution in [0.15, 0.2) is 36.9 Å². The predicted octanol–water partition coefficient (Wildman–Crippen LogP) is 2.68. The molecule has 0 aliphatic carbocycles. The van der Waals surface area contributed by atoms with Gasteiger partial charge in [-0.1, -0.05) is 12.1 Å². The van der Waals surface area contributed by atoms with Crippen LogP contribution in [0.2, 0.25) is 0 Å². The molecule has 0 bridgehead atoms. The monoisotopic (exact) mass is 330 g/mol. The van der Waals surface area contributed by atoms with E-state index in [0.29, 0.717) is 18.9 Å². The molecule has 1 saturated heterocycles. The Morgan fingerprint density at radius 3 is 3.08 bits per heavy atom. The maximum absolute atomic E-state index is 13.2. The second kappa shape index (κ2) is 8.04. The zero-order valence-electron chi connectivity index (χ0n) is 13.8. The lowest BCUT2D eigenvalue weighted by Gasteiger charge is -2.33. The summed E-state index contributed by atoms with van der Waals surface area (Å²) in [5.74, 6) is 0.499. The lowest BCUT2D eigenvalue weighted by Crippen LogP contribution is -2.40. The number of nitrogens with zero attached hydrogens (tertiary/aromatic N) is 4. The summed E-state index contributed by atoms with van der Waals surface area (Å²) in [5.41, 5.74) is 1.03. The Kier molecular flexibility index (Phi) is 5.56. The van der Waals surface area contributed by atoms with Crippen LogP contribution in [0.25, 0.3) is 0 Å². The number of benzene rings is 1. The summed E-state index contributed by atoms with van der Waals surface area (Å²) >= 11 is 0. The first-order chi connectivity index (χ1) is 11.7. The van der Waals surface area contributed by atoms with Crippen LogP contribution in [0.3, 0.4) is 0 Å². The second-order valence-corrected chi connectivity index (χ2v) is 6.43. The summed E-state index contributed by atoms with van der Waals surface area (Å²) in [7, 11) is 0.